The Balaban J connectivity index is 1.46. The lowest BCUT2D eigenvalue weighted by molar-refractivity contribution is -0.166. The summed E-state index contributed by atoms with van der Waals surface area (Å²) in [5.74, 6) is 0.910. The van der Waals surface area contributed by atoms with Crippen LogP contribution in [0, 0.1) is 0 Å². The van der Waals surface area contributed by atoms with E-state index >= 15 is 0 Å². The van der Waals surface area contributed by atoms with Crippen LogP contribution in [-0.4, -0.2) is 52.9 Å². The van der Waals surface area contributed by atoms with Crippen LogP contribution in [0.5, 0.6) is 11.5 Å². The molecule has 7 nitrogen and oxygen atoms in total. The van der Waals surface area contributed by atoms with Crippen LogP contribution in [0.1, 0.15) is 55.5 Å². The predicted octanol–water partition coefficient (Wildman–Crippen LogP) is 6.89. The molecule has 0 bridgehead atoms. The molecular weight excluding hydrogens is 573 g/mol. The highest BCUT2D eigenvalue weighted by atomic mass is 35.5. The summed E-state index contributed by atoms with van der Waals surface area (Å²) in [6, 6.07) is 19.2. The number of nitrogens with zero attached hydrogens (tertiary/aromatic N) is 2. The standard InChI is InChI=1S/C33H33Cl2N3O4/c1-4-14-42-27-13-11-20(15-28(27)41-5-2)24-18-38-29(39)19-37(17-21-10-12-22(34)16-25(21)35)32(40)33(38,3)31-30(24)23-8-6-7-9-26(23)36-31/h6-13,15-16,24,36H,4-5,14,17-19H2,1-3H3/t24-,33+/m1/s1. The van der Waals surface area contributed by atoms with E-state index in [2.05, 4.69) is 18.0 Å². The largest absolute Gasteiger partial charge is 0.490 e. The molecule has 1 aromatic heterocycles. The fourth-order valence-corrected chi connectivity index (χ4v) is 6.77. The van der Waals surface area contributed by atoms with E-state index < -0.39 is 5.54 Å². The first-order valence-electron chi connectivity index (χ1n) is 14.3. The number of halogens is 2. The summed E-state index contributed by atoms with van der Waals surface area (Å²) in [5.41, 5.74) is 3.17. The zero-order valence-corrected chi connectivity index (χ0v) is 25.4. The van der Waals surface area contributed by atoms with Crippen LogP contribution in [0.15, 0.2) is 60.7 Å². The quantitative estimate of drug-likeness (QED) is 0.237. The maximum atomic E-state index is 14.4. The van der Waals surface area contributed by atoms with Gasteiger partial charge in [0.05, 0.1) is 18.9 Å². The number of benzene rings is 3. The van der Waals surface area contributed by atoms with E-state index in [0.29, 0.717) is 41.3 Å². The fraction of sp³-hybridized carbons (Fsp3) is 0.333. The van der Waals surface area contributed by atoms with Gasteiger partial charge >= 0.3 is 0 Å². The molecule has 1 fully saturated rings. The normalized spacial score (nSPS) is 20.1. The van der Waals surface area contributed by atoms with Gasteiger partial charge in [0, 0.05) is 40.0 Å². The number of carbonyl (C=O) groups excluding carboxylic acids is 2. The summed E-state index contributed by atoms with van der Waals surface area (Å²) >= 11 is 12.6. The summed E-state index contributed by atoms with van der Waals surface area (Å²) in [6.07, 6.45) is 0.888. The average molecular weight is 607 g/mol. The molecule has 0 spiro atoms. The van der Waals surface area contributed by atoms with E-state index in [1.165, 1.54) is 0 Å². The Labute approximate surface area is 255 Å². The molecule has 9 heteroatoms. The SMILES string of the molecule is CCCOc1ccc([C@H]2CN3C(=O)CN(Cc4ccc(Cl)cc4Cl)C(=O)[C@]3(C)c3[nH]c4ccccc4c32)cc1OCC. The summed E-state index contributed by atoms with van der Waals surface area (Å²) in [4.78, 5) is 35.1. The van der Waals surface area contributed by atoms with Crippen LogP contribution in [0.2, 0.25) is 10.0 Å². The molecule has 3 aromatic carbocycles. The maximum absolute atomic E-state index is 14.4. The highest BCUT2D eigenvalue weighted by Gasteiger charge is 2.56. The Hall–Kier alpha value is -3.68. The molecule has 2 amide bonds. The van der Waals surface area contributed by atoms with Crippen molar-refractivity contribution in [1.29, 1.82) is 0 Å². The van der Waals surface area contributed by atoms with Crippen molar-refractivity contribution in [3.8, 4) is 11.5 Å². The molecule has 2 aliphatic rings. The number of ether oxygens (including phenoxy) is 2. The summed E-state index contributed by atoms with van der Waals surface area (Å²) in [7, 11) is 0. The van der Waals surface area contributed by atoms with Crippen LogP contribution in [0.25, 0.3) is 10.9 Å². The molecule has 2 atom stereocenters. The van der Waals surface area contributed by atoms with Gasteiger partial charge in [-0.1, -0.05) is 60.5 Å². The van der Waals surface area contributed by atoms with Crippen molar-refractivity contribution in [3.63, 3.8) is 0 Å². The third kappa shape index (κ3) is 4.69. The molecule has 2 aliphatic heterocycles. The number of nitrogens with one attached hydrogen (secondary N) is 1. The first-order chi connectivity index (χ1) is 20.3. The zero-order chi connectivity index (χ0) is 29.6. The van der Waals surface area contributed by atoms with Crippen LogP contribution >= 0.6 is 23.2 Å². The lowest BCUT2D eigenvalue weighted by Gasteiger charge is -2.51. The van der Waals surface area contributed by atoms with Gasteiger partial charge in [-0.05, 0) is 67.3 Å². The van der Waals surface area contributed by atoms with Crippen molar-refractivity contribution in [2.75, 3.05) is 26.3 Å². The number of aromatic nitrogens is 1. The van der Waals surface area contributed by atoms with Gasteiger partial charge in [-0.3, -0.25) is 9.59 Å². The van der Waals surface area contributed by atoms with Crippen molar-refractivity contribution in [3.05, 3.63) is 93.1 Å². The summed E-state index contributed by atoms with van der Waals surface area (Å²) in [6.45, 7) is 7.47. The van der Waals surface area contributed by atoms with Crippen LogP contribution < -0.4 is 9.47 Å². The minimum Gasteiger partial charge on any atom is -0.490 e. The summed E-state index contributed by atoms with van der Waals surface area (Å²) in [5, 5.41) is 2.00. The minimum atomic E-state index is -1.22. The molecule has 4 aromatic rings. The van der Waals surface area contributed by atoms with Crippen molar-refractivity contribution in [2.24, 2.45) is 0 Å². The number of para-hydroxylation sites is 1. The molecule has 1 N–H and O–H groups in total. The molecule has 42 heavy (non-hydrogen) atoms. The number of hydrogen-bond acceptors (Lipinski definition) is 4. The van der Waals surface area contributed by atoms with Crippen LogP contribution in [0.4, 0.5) is 0 Å². The second-order valence-corrected chi connectivity index (χ2v) is 11.8. The van der Waals surface area contributed by atoms with Crippen LogP contribution in [-0.2, 0) is 21.7 Å². The van der Waals surface area contributed by atoms with Crippen molar-refractivity contribution in [2.45, 2.75) is 45.2 Å². The summed E-state index contributed by atoms with van der Waals surface area (Å²) < 4.78 is 11.9. The Morgan fingerprint density at radius 3 is 2.57 bits per heavy atom. The van der Waals surface area contributed by atoms with E-state index in [4.69, 9.17) is 32.7 Å². The third-order valence-electron chi connectivity index (χ3n) is 8.33. The Bertz CT molecular complexity index is 1690. The van der Waals surface area contributed by atoms with E-state index in [9.17, 15) is 9.59 Å². The number of fused-ring (bicyclic) bond motifs is 5. The Morgan fingerprint density at radius 1 is 1.00 bits per heavy atom. The zero-order valence-electron chi connectivity index (χ0n) is 23.9. The van der Waals surface area contributed by atoms with Crippen molar-refractivity contribution in [1.82, 2.24) is 14.8 Å². The molecule has 6 rings (SSSR count). The van der Waals surface area contributed by atoms with Crippen LogP contribution in [0.3, 0.4) is 0 Å². The predicted molar refractivity (Wildman–Crippen MR) is 164 cm³/mol. The van der Waals surface area contributed by atoms with Gasteiger partial charge in [0.15, 0.2) is 17.0 Å². The first kappa shape index (κ1) is 28.4. The molecular formula is C33H33Cl2N3O4. The van der Waals surface area contributed by atoms with Crippen molar-refractivity contribution >= 4 is 45.9 Å². The van der Waals surface area contributed by atoms with Crippen molar-refractivity contribution < 1.29 is 19.1 Å². The topological polar surface area (TPSA) is 74.9 Å². The molecule has 0 aliphatic carbocycles. The van der Waals surface area contributed by atoms with Gasteiger partial charge in [-0.25, -0.2) is 0 Å². The van der Waals surface area contributed by atoms with Gasteiger partial charge in [0.25, 0.3) is 5.91 Å². The maximum Gasteiger partial charge on any atom is 0.255 e. The fourth-order valence-electron chi connectivity index (χ4n) is 6.30. The minimum absolute atomic E-state index is 0.0380. The van der Waals surface area contributed by atoms with E-state index in [1.807, 2.05) is 50.2 Å². The highest BCUT2D eigenvalue weighted by molar-refractivity contribution is 6.35. The smallest absolute Gasteiger partial charge is 0.255 e. The van der Waals surface area contributed by atoms with Gasteiger partial charge in [0.1, 0.15) is 6.54 Å². The average Bonchev–Trinajstić information content (AvgIpc) is 3.37. The number of aromatic amines is 1. The number of rotatable bonds is 8. The highest BCUT2D eigenvalue weighted by Crippen LogP contribution is 2.49. The first-order valence-corrected chi connectivity index (χ1v) is 15.1. The Kier molecular flexibility index (Phi) is 7.58. The number of amides is 2. The van der Waals surface area contributed by atoms with E-state index in [1.54, 1.807) is 28.0 Å². The third-order valence-corrected chi connectivity index (χ3v) is 8.91. The van der Waals surface area contributed by atoms with E-state index in [0.717, 1.165) is 39.7 Å². The van der Waals surface area contributed by atoms with Gasteiger partial charge in [-0.2, -0.15) is 0 Å². The van der Waals surface area contributed by atoms with Gasteiger partial charge in [-0.15, -0.1) is 0 Å². The number of piperazine rings is 1. The molecule has 3 heterocycles. The second kappa shape index (κ2) is 11.2. The number of carbonyl (C=O) groups is 2. The molecule has 0 saturated carbocycles. The monoisotopic (exact) mass is 605 g/mol. The second-order valence-electron chi connectivity index (χ2n) is 11.0. The lowest BCUT2D eigenvalue weighted by atomic mass is 9.76. The molecule has 0 radical (unpaired) electrons. The molecule has 218 valence electrons. The Morgan fingerprint density at radius 2 is 1.81 bits per heavy atom. The molecule has 1 saturated heterocycles. The number of hydrogen-bond donors (Lipinski definition) is 1. The molecule has 0 unspecified atom stereocenters. The van der Waals surface area contributed by atoms with E-state index in [-0.39, 0.29) is 30.8 Å². The van der Waals surface area contributed by atoms with Gasteiger partial charge < -0.3 is 24.3 Å². The number of H-pyrrole nitrogens is 1. The van der Waals surface area contributed by atoms with Gasteiger partial charge in [0.2, 0.25) is 5.91 Å². The lowest BCUT2D eigenvalue weighted by Crippen LogP contribution is -2.67.